The molecule has 0 unspecified atom stereocenters. The van der Waals surface area contributed by atoms with Crippen LogP contribution in [0.2, 0.25) is 0 Å². The van der Waals surface area contributed by atoms with E-state index in [-0.39, 0.29) is 18.0 Å². The van der Waals surface area contributed by atoms with E-state index in [2.05, 4.69) is 36.1 Å². The SMILES string of the molecule is Cc1ccc(C)c(NC(=O)CCN2C(=S)N[C@H](c3ccccn3)[C@@H]2c2cccn2-c2ccccn2)c1. The zero-order valence-electron chi connectivity index (χ0n) is 20.3. The molecule has 1 fully saturated rings. The van der Waals surface area contributed by atoms with Crippen LogP contribution in [-0.2, 0) is 4.79 Å². The summed E-state index contributed by atoms with van der Waals surface area (Å²) >= 11 is 5.78. The molecule has 0 bridgehead atoms. The highest BCUT2D eigenvalue weighted by molar-refractivity contribution is 7.80. The van der Waals surface area contributed by atoms with Crippen molar-refractivity contribution in [2.24, 2.45) is 0 Å². The first-order valence-corrected chi connectivity index (χ1v) is 12.4. The normalized spacial score (nSPS) is 17.2. The van der Waals surface area contributed by atoms with Gasteiger partial charge in [0.2, 0.25) is 5.91 Å². The Hall–Kier alpha value is -4.04. The Morgan fingerprint density at radius 3 is 2.58 bits per heavy atom. The molecule has 1 amide bonds. The standard InChI is InChI=1S/C28H28N6OS/c1-19-11-12-20(2)22(18-19)31-25(35)13-17-34-27(26(32-28(34)36)21-8-3-5-14-29-21)23-9-7-16-33(23)24-10-4-6-15-30-24/h3-12,14-16,18,26-27H,13,17H2,1-2H3,(H,31,35)(H,32,36)/t26-,27+/m1/s1. The second-order valence-corrected chi connectivity index (χ2v) is 9.31. The summed E-state index contributed by atoms with van der Waals surface area (Å²) in [5, 5.41) is 7.12. The van der Waals surface area contributed by atoms with Gasteiger partial charge in [-0.05, 0) is 79.7 Å². The number of amides is 1. The van der Waals surface area contributed by atoms with Gasteiger partial charge in [0.1, 0.15) is 5.82 Å². The van der Waals surface area contributed by atoms with Crippen LogP contribution >= 0.6 is 12.2 Å². The number of carbonyl (C=O) groups excluding carboxylic acids is 1. The van der Waals surface area contributed by atoms with Crippen molar-refractivity contribution in [3.05, 3.63) is 108 Å². The third-order valence-corrected chi connectivity index (χ3v) is 6.78. The van der Waals surface area contributed by atoms with Crippen LogP contribution in [0, 0.1) is 13.8 Å². The molecule has 4 heterocycles. The Labute approximate surface area is 216 Å². The van der Waals surface area contributed by atoms with E-state index in [0.29, 0.717) is 18.1 Å². The van der Waals surface area contributed by atoms with Crippen LogP contribution in [0.5, 0.6) is 0 Å². The highest BCUT2D eigenvalue weighted by Gasteiger charge is 2.41. The number of nitrogens with zero attached hydrogens (tertiary/aromatic N) is 4. The van der Waals surface area contributed by atoms with E-state index in [1.807, 2.05) is 80.7 Å². The molecule has 0 spiro atoms. The molecule has 5 rings (SSSR count). The number of thiocarbonyl (C=S) groups is 1. The highest BCUT2D eigenvalue weighted by Crippen LogP contribution is 2.39. The van der Waals surface area contributed by atoms with Crippen LogP contribution in [0.3, 0.4) is 0 Å². The van der Waals surface area contributed by atoms with Crippen LogP contribution in [0.15, 0.2) is 85.3 Å². The minimum atomic E-state index is -0.169. The number of benzene rings is 1. The average molecular weight is 497 g/mol. The molecule has 2 N–H and O–H groups in total. The first kappa shape index (κ1) is 23.7. The number of anilines is 1. The van der Waals surface area contributed by atoms with Crippen molar-refractivity contribution >= 4 is 28.9 Å². The smallest absolute Gasteiger partial charge is 0.226 e. The van der Waals surface area contributed by atoms with E-state index >= 15 is 0 Å². The van der Waals surface area contributed by atoms with Crippen LogP contribution < -0.4 is 10.6 Å². The number of aryl methyl sites for hydroxylation is 2. The Balaban J connectivity index is 1.43. The highest BCUT2D eigenvalue weighted by atomic mass is 32.1. The topological polar surface area (TPSA) is 75.1 Å². The van der Waals surface area contributed by atoms with Gasteiger partial charge in [0.05, 0.1) is 17.8 Å². The number of nitrogens with one attached hydrogen (secondary N) is 2. The Kier molecular flexibility index (Phi) is 6.77. The lowest BCUT2D eigenvalue weighted by Gasteiger charge is -2.28. The summed E-state index contributed by atoms with van der Waals surface area (Å²) < 4.78 is 2.07. The van der Waals surface area contributed by atoms with Gasteiger partial charge < -0.3 is 20.1 Å². The van der Waals surface area contributed by atoms with E-state index in [1.165, 1.54) is 0 Å². The van der Waals surface area contributed by atoms with Crippen molar-refractivity contribution in [1.82, 2.24) is 24.8 Å². The maximum Gasteiger partial charge on any atom is 0.226 e. The van der Waals surface area contributed by atoms with E-state index in [9.17, 15) is 4.79 Å². The van der Waals surface area contributed by atoms with Crippen molar-refractivity contribution in [3.8, 4) is 5.82 Å². The summed E-state index contributed by atoms with van der Waals surface area (Å²) in [7, 11) is 0. The molecule has 36 heavy (non-hydrogen) atoms. The predicted molar refractivity (Wildman–Crippen MR) is 145 cm³/mol. The molecule has 0 saturated carbocycles. The molecule has 1 aromatic carbocycles. The third-order valence-electron chi connectivity index (χ3n) is 6.42. The van der Waals surface area contributed by atoms with E-state index in [0.717, 1.165) is 34.0 Å². The van der Waals surface area contributed by atoms with Gasteiger partial charge in [0, 0.05) is 42.9 Å². The quantitative estimate of drug-likeness (QED) is 0.355. The minimum Gasteiger partial charge on any atom is -0.352 e. The molecule has 3 aromatic heterocycles. The van der Waals surface area contributed by atoms with Gasteiger partial charge in [-0.1, -0.05) is 24.3 Å². The monoisotopic (exact) mass is 496 g/mol. The van der Waals surface area contributed by atoms with Crippen molar-refractivity contribution < 1.29 is 4.79 Å². The second kappa shape index (κ2) is 10.3. The van der Waals surface area contributed by atoms with Gasteiger partial charge >= 0.3 is 0 Å². The number of aromatic nitrogens is 3. The van der Waals surface area contributed by atoms with Crippen molar-refractivity contribution in [1.29, 1.82) is 0 Å². The number of hydrogen-bond donors (Lipinski definition) is 2. The van der Waals surface area contributed by atoms with Crippen molar-refractivity contribution in [2.45, 2.75) is 32.4 Å². The van der Waals surface area contributed by atoms with Crippen molar-refractivity contribution in [3.63, 3.8) is 0 Å². The fourth-order valence-electron chi connectivity index (χ4n) is 4.61. The van der Waals surface area contributed by atoms with Crippen LogP contribution in [0.25, 0.3) is 5.82 Å². The van der Waals surface area contributed by atoms with Gasteiger partial charge in [0.25, 0.3) is 0 Å². The first-order valence-electron chi connectivity index (χ1n) is 11.9. The third kappa shape index (κ3) is 4.85. The maximum atomic E-state index is 12.9. The average Bonchev–Trinajstić information content (AvgIpc) is 3.50. The number of carbonyl (C=O) groups is 1. The van der Waals surface area contributed by atoms with Gasteiger partial charge in [0.15, 0.2) is 5.11 Å². The van der Waals surface area contributed by atoms with Crippen molar-refractivity contribution in [2.75, 3.05) is 11.9 Å². The van der Waals surface area contributed by atoms with Gasteiger partial charge in [-0.2, -0.15) is 0 Å². The minimum absolute atomic E-state index is 0.0494. The summed E-state index contributed by atoms with van der Waals surface area (Å²) in [5.41, 5.74) is 4.89. The molecule has 1 aliphatic heterocycles. The largest absolute Gasteiger partial charge is 0.352 e. The lowest BCUT2D eigenvalue weighted by Crippen LogP contribution is -2.33. The summed E-state index contributed by atoms with van der Waals surface area (Å²) in [4.78, 5) is 24.2. The van der Waals surface area contributed by atoms with E-state index in [4.69, 9.17) is 12.2 Å². The molecule has 1 saturated heterocycles. The second-order valence-electron chi connectivity index (χ2n) is 8.93. The molecular formula is C28H28N6OS. The lowest BCUT2D eigenvalue weighted by atomic mass is 10.0. The summed E-state index contributed by atoms with van der Waals surface area (Å²) in [6, 6.07) is 21.5. The Morgan fingerprint density at radius 2 is 1.83 bits per heavy atom. The van der Waals surface area contributed by atoms with Gasteiger partial charge in [-0.3, -0.25) is 9.78 Å². The van der Waals surface area contributed by atoms with Crippen LogP contribution in [0.1, 0.15) is 41.0 Å². The summed E-state index contributed by atoms with van der Waals surface area (Å²) in [6.07, 6.45) is 5.86. The molecular weight excluding hydrogens is 468 g/mol. The summed E-state index contributed by atoms with van der Waals surface area (Å²) in [5.74, 6) is 0.773. The number of hydrogen-bond acceptors (Lipinski definition) is 4. The van der Waals surface area contributed by atoms with Gasteiger partial charge in [-0.15, -0.1) is 0 Å². The maximum absolute atomic E-state index is 12.9. The van der Waals surface area contributed by atoms with Crippen LogP contribution in [-0.4, -0.2) is 37.0 Å². The van der Waals surface area contributed by atoms with Gasteiger partial charge in [-0.25, -0.2) is 4.98 Å². The van der Waals surface area contributed by atoms with E-state index < -0.39 is 0 Å². The van der Waals surface area contributed by atoms with E-state index in [1.54, 1.807) is 12.4 Å². The zero-order chi connectivity index (χ0) is 25.1. The Bertz CT molecular complexity index is 1370. The Morgan fingerprint density at radius 1 is 1.03 bits per heavy atom. The molecule has 0 radical (unpaired) electrons. The molecule has 2 atom stereocenters. The lowest BCUT2D eigenvalue weighted by molar-refractivity contribution is -0.116. The molecule has 7 nitrogen and oxygen atoms in total. The molecule has 0 aliphatic carbocycles. The fraction of sp³-hybridized carbons (Fsp3) is 0.214. The molecule has 182 valence electrons. The van der Waals surface area contributed by atoms with Crippen LogP contribution in [0.4, 0.5) is 5.69 Å². The fourth-order valence-corrected chi connectivity index (χ4v) is 4.94. The zero-order valence-corrected chi connectivity index (χ0v) is 21.1. The summed E-state index contributed by atoms with van der Waals surface area (Å²) in [6.45, 7) is 4.47. The predicted octanol–water partition coefficient (Wildman–Crippen LogP) is 4.89. The number of pyridine rings is 2. The first-order chi connectivity index (χ1) is 17.5. The molecule has 1 aliphatic rings. The number of rotatable bonds is 7. The molecule has 8 heteroatoms. The molecule has 4 aromatic rings.